The zero-order chi connectivity index (χ0) is 18.4. The Morgan fingerprint density at radius 2 is 1.96 bits per heavy atom. The number of rotatable bonds is 6. The fourth-order valence-electron chi connectivity index (χ4n) is 2.66. The molecule has 8 heteroatoms. The summed E-state index contributed by atoms with van der Waals surface area (Å²) in [4.78, 5) is 25.5. The van der Waals surface area contributed by atoms with Crippen LogP contribution in [0.2, 0.25) is 0 Å². The van der Waals surface area contributed by atoms with E-state index in [0.717, 1.165) is 18.4 Å². The Hall–Kier alpha value is -1.93. The van der Waals surface area contributed by atoms with Gasteiger partial charge in [0.05, 0.1) is 4.90 Å². The molecule has 0 aliphatic carbocycles. The van der Waals surface area contributed by atoms with Crippen LogP contribution in [0.4, 0.5) is 0 Å². The van der Waals surface area contributed by atoms with E-state index in [-0.39, 0.29) is 17.4 Å². The topological polar surface area (TPSA) is 92.8 Å². The minimum atomic E-state index is -3.78. The Bertz CT molecular complexity index is 715. The smallest absolute Gasteiger partial charge is 0.321 e. The molecule has 0 bridgehead atoms. The number of piperidine rings is 1. The maximum atomic E-state index is 12.1. The average molecular weight is 368 g/mol. The lowest BCUT2D eigenvalue weighted by Gasteiger charge is -2.30. The third-order valence-electron chi connectivity index (χ3n) is 4.10. The highest BCUT2D eigenvalue weighted by molar-refractivity contribution is 7.89. The third-order valence-corrected chi connectivity index (χ3v) is 5.52. The van der Waals surface area contributed by atoms with Gasteiger partial charge in [0, 0.05) is 13.1 Å². The molecule has 0 saturated carbocycles. The highest BCUT2D eigenvalue weighted by atomic mass is 32.2. The van der Waals surface area contributed by atoms with Crippen LogP contribution in [0.25, 0.3) is 0 Å². The van der Waals surface area contributed by atoms with E-state index in [1.54, 1.807) is 17.0 Å². The fraction of sp³-hybridized carbons (Fsp3) is 0.529. The number of nitrogens with one attached hydrogen (secondary N) is 1. The highest BCUT2D eigenvalue weighted by Gasteiger charge is 2.22. The molecule has 1 aliphatic rings. The van der Waals surface area contributed by atoms with Gasteiger partial charge in [-0.2, -0.15) is 4.72 Å². The fourth-order valence-corrected chi connectivity index (χ4v) is 3.62. The van der Waals surface area contributed by atoms with Gasteiger partial charge in [-0.15, -0.1) is 0 Å². The highest BCUT2D eigenvalue weighted by Crippen LogP contribution is 2.15. The van der Waals surface area contributed by atoms with Gasteiger partial charge < -0.3 is 9.64 Å². The van der Waals surface area contributed by atoms with Crippen LogP contribution < -0.4 is 4.72 Å². The maximum Gasteiger partial charge on any atom is 0.321 e. The summed E-state index contributed by atoms with van der Waals surface area (Å²) < 4.78 is 31.2. The summed E-state index contributed by atoms with van der Waals surface area (Å²) >= 11 is 0. The number of esters is 1. The van der Waals surface area contributed by atoms with Crippen molar-refractivity contribution in [3.8, 4) is 0 Å². The van der Waals surface area contributed by atoms with Crippen LogP contribution >= 0.6 is 0 Å². The van der Waals surface area contributed by atoms with Crippen molar-refractivity contribution in [1.29, 1.82) is 0 Å². The largest absolute Gasteiger partial charge is 0.455 e. The molecular weight excluding hydrogens is 344 g/mol. The van der Waals surface area contributed by atoms with Crippen molar-refractivity contribution in [3.63, 3.8) is 0 Å². The SMILES string of the molecule is Cc1ccc(S(=O)(=O)NCC(=O)OCC(=O)N2CCC[C@H](C)C2)cc1. The van der Waals surface area contributed by atoms with Crippen molar-refractivity contribution in [1.82, 2.24) is 9.62 Å². The van der Waals surface area contributed by atoms with Gasteiger partial charge in [0.1, 0.15) is 6.54 Å². The first kappa shape index (κ1) is 19.4. The van der Waals surface area contributed by atoms with Crippen molar-refractivity contribution < 1.29 is 22.7 Å². The van der Waals surface area contributed by atoms with Crippen molar-refractivity contribution in [3.05, 3.63) is 29.8 Å². The first-order valence-corrected chi connectivity index (χ1v) is 9.76. The Labute approximate surface area is 148 Å². The molecule has 1 N–H and O–H groups in total. The van der Waals surface area contributed by atoms with Gasteiger partial charge in [0.2, 0.25) is 10.0 Å². The molecule has 7 nitrogen and oxygen atoms in total. The van der Waals surface area contributed by atoms with Crippen molar-refractivity contribution in [2.75, 3.05) is 26.2 Å². The number of hydrogen-bond acceptors (Lipinski definition) is 5. The lowest BCUT2D eigenvalue weighted by molar-refractivity contribution is -0.151. The van der Waals surface area contributed by atoms with E-state index in [2.05, 4.69) is 11.6 Å². The van der Waals surface area contributed by atoms with Crippen LogP contribution in [0.15, 0.2) is 29.2 Å². The van der Waals surface area contributed by atoms with Crippen LogP contribution in [0.5, 0.6) is 0 Å². The molecule has 1 amide bonds. The van der Waals surface area contributed by atoms with Gasteiger partial charge in [-0.1, -0.05) is 24.6 Å². The maximum absolute atomic E-state index is 12.1. The van der Waals surface area contributed by atoms with Gasteiger partial charge in [0.25, 0.3) is 5.91 Å². The Morgan fingerprint density at radius 3 is 2.60 bits per heavy atom. The first-order valence-electron chi connectivity index (χ1n) is 8.27. The number of hydrogen-bond donors (Lipinski definition) is 1. The molecule has 1 saturated heterocycles. The minimum Gasteiger partial charge on any atom is -0.455 e. The molecule has 1 aliphatic heterocycles. The number of aryl methyl sites for hydroxylation is 1. The van der Waals surface area contributed by atoms with E-state index in [1.165, 1.54) is 12.1 Å². The van der Waals surface area contributed by atoms with Crippen molar-refractivity contribution in [2.45, 2.75) is 31.6 Å². The standard InChI is InChI=1S/C17H24N2O5S/c1-13-5-7-15(8-6-13)25(22,23)18-10-17(21)24-12-16(20)19-9-3-4-14(2)11-19/h5-8,14,18H,3-4,9-12H2,1-2H3/t14-/m0/s1. The summed E-state index contributed by atoms with van der Waals surface area (Å²) in [5, 5.41) is 0. The zero-order valence-electron chi connectivity index (χ0n) is 14.5. The second-order valence-corrected chi connectivity index (χ2v) is 8.15. The van der Waals surface area contributed by atoms with Crippen LogP contribution in [-0.4, -0.2) is 51.4 Å². The molecule has 1 heterocycles. The van der Waals surface area contributed by atoms with E-state index in [9.17, 15) is 18.0 Å². The molecule has 1 fully saturated rings. The van der Waals surface area contributed by atoms with E-state index >= 15 is 0 Å². The second kappa shape index (κ2) is 8.44. The molecule has 138 valence electrons. The van der Waals surface area contributed by atoms with Gasteiger partial charge in [-0.3, -0.25) is 9.59 Å². The number of benzene rings is 1. The lowest BCUT2D eigenvalue weighted by Crippen LogP contribution is -2.42. The summed E-state index contributed by atoms with van der Waals surface area (Å²) in [5.41, 5.74) is 0.934. The summed E-state index contributed by atoms with van der Waals surface area (Å²) in [6, 6.07) is 6.27. The van der Waals surface area contributed by atoms with Crippen LogP contribution in [-0.2, 0) is 24.3 Å². The molecule has 0 aromatic heterocycles. The number of carbonyl (C=O) groups is 2. The van der Waals surface area contributed by atoms with Crippen LogP contribution in [0.1, 0.15) is 25.3 Å². The first-order chi connectivity index (χ1) is 11.8. The summed E-state index contributed by atoms with van der Waals surface area (Å²) in [5.74, 6) is -0.592. The number of nitrogens with zero attached hydrogens (tertiary/aromatic N) is 1. The van der Waals surface area contributed by atoms with Crippen LogP contribution in [0.3, 0.4) is 0 Å². The predicted molar refractivity (Wildman–Crippen MR) is 92.3 cm³/mol. The molecule has 1 aromatic rings. The van der Waals surface area contributed by atoms with E-state index < -0.39 is 22.5 Å². The van der Waals surface area contributed by atoms with E-state index in [4.69, 9.17) is 4.74 Å². The Balaban J connectivity index is 1.78. The molecule has 0 spiro atoms. The molecule has 1 atom stereocenters. The lowest BCUT2D eigenvalue weighted by atomic mass is 10.0. The number of sulfonamides is 1. The van der Waals surface area contributed by atoms with Crippen molar-refractivity contribution in [2.24, 2.45) is 5.92 Å². The summed E-state index contributed by atoms with van der Waals surface area (Å²) in [6.07, 6.45) is 2.03. The molecule has 1 aromatic carbocycles. The van der Waals surface area contributed by atoms with Crippen LogP contribution in [0, 0.1) is 12.8 Å². The van der Waals surface area contributed by atoms with Gasteiger partial charge in [0.15, 0.2) is 6.61 Å². The molecular formula is C17H24N2O5S. The number of amides is 1. The quantitative estimate of drug-likeness (QED) is 0.759. The van der Waals surface area contributed by atoms with E-state index in [1.807, 2.05) is 6.92 Å². The molecule has 2 rings (SSSR count). The summed E-state index contributed by atoms with van der Waals surface area (Å²) in [6.45, 7) is 4.38. The Kier molecular flexibility index (Phi) is 6.55. The van der Waals surface area contributed by atoms with Gasteiger partial charge in [-0.25, -0.2) is 8.42 Å². The third kappa shape index (κ3) is 5.82. The zero-order valence-corrected chi connectivity index (χ0v) is 15.3. The van der Waals surface area contributed by atoms with Gasteiger partial charge in [-0.05, 0) is 37.8 Å². The Morgan fingerprint density at radius 1 is 1.28 bits per heavy atom. The molecule has 0 unspecified atom stereocenters. The molecule has 0 radical (unpaired) electrons. The molecule has 25 heavy (non-hydrogen) atoms. The normalized spacial score (nSPS) is 18.0. The summed E-state index contributed by atoms with van der Waals surface area (Å²) in [7, 11) is -3.78. The number of ether oxygens (including phenoxy) is 1. The monoisotopic (exact) mass is 368 g/mol. The van der Waals surface area contributed by atoms with Crippen molar-refractivity contribution >= 4 is 21.9 Å². The minimum absolute atomic E-state index is 0.0734. The number of likely N-dealkylation sites (tertiary alicyclic amines) is 1. The number of carbonyl (C=O) groups excluding carboxylic acids is 2. The second-order valence-electron chi connectivity index (χ2n) is 6.39. The van der Waals surface area contributed by atoms with Gasteiger partial charge >= 0.3 is 5.97 Å². The van der Waals surface area contributed by atoms with E-state index in [0.29, 0.717) is 19.0 Å². The predicted octanol–water partition coefficient (Wildman–Crippen LogP) is 1.08. The average Bonchev–Trinajstić information content (AvgIpc) is 2.58.